The minimum atomic E-state index is -0.433. The molecule has 2 amide bonds. The number of nitrogens with one attached hydrogen (secondary N) is 2. The summed E-state index contributed by atoms with van der Waals surface area (Å²) in [5.74, 6) is -0.680. The van der Waals surface area contributed by atoms with E-state index in [0.717, 1.165) is 21.3 Å². The standard InChI is InChI=1S/C17H15BrN2O2/c18-12-5-3-4-11(8-12)10-19-17(22)14-9-16(21)20-15-7-2-1-6-13(14)15/h1-8,14H,9-10H2,(H,19,22)(H,20,21). The molecule has 0 fully saturated rings. The Morgan fingerprint density at radius 2 is 2.05 bits per heavy atom. The van der Waals surface area contributed by atoms with Gasteiger partial charge in [-0.3, -0.25) is 9.59 Å². The molecule has 0 spiro atoms. The minimum Gasteiger partial charge on any atom is -0.351 e. The molecule has 2 aromatic carbocycles. The zero-order valence-corrected chi connectivity index (χ0v) is 13.4. The first kappa shape index (κ1) is 14.8. The zero-order valence-electron chi connectivity index (χ0n) is 11.8. The predicted molar refractivity (Wildman–Crippen MR) is 88.4 cm³/mol. The number of benzene rings is 2. The first-order valence-electron chi connectivity index (χ1n) is 7.04. The largest absolute Gasteiger partial charge is 0.351 e. The molecule has 0 aromatic heterocycles. The smallest absolute Gasteiger partial charge is 0.228 e. The number of carbonyl (C=O) groups excluding carboxylic acids is 2. The Balaban J connectivity index is 1.74. The van der Waals surface area contributed by atoms with Crippen molar-refractivity contribution < 1.29 is 9.59 Å². The highest BCUT2D eigenvalue weighted by Crippen LogP contribution is 2.32. The monoisotopic (exact) mass is 358 g/mol. The number of carbonyl (C=O) groups is 2. The van der Waals surface area contributed by atoms with Gasteiger partial charge in [0.1, 0.15) is 0 Å². The van der Waals surface area contributed by atoms with Gasteiger partial charge in [-0.1, -0.05) is 46.3 Å². The maximum atomic E-state index is 12.5. The third kappa shape index (κ3) is 3.20. The Morgan fingerprint density at radius 3 is 2.86 bits per heavy atom. The molecule has 5 heteroatoms. The van der Waals surface area contributed by atoms with Crippen LogP contribution in [0.2, 0.25) is 0 Å². The van der Waals surface area contributed by atoms with Crippen molar-refractivity contribution in [3.63, 3.8) is 0 Å². The Hall–Kier alpha value is -2.14. The van der Waals surface area contributed by atoms with Gasteiger partial charge < -0.3 is 10.6 Å². The molecule has 0 radical (unpaired) electrons. The van der Waals surface area contributed by atoms with Crippen molar-refractivity contribution in [1.82, 2.24) is 5.32 Å². The second kappa shape index (κ2) is 6.32. The molecule has 0 saturated carbocycles. The maximum Gasteiger partial charge on any atom is 0.228 e. The van der Waals surface area contributed by atoms with E-state index in [2.05, 4.69) is 26.6 Å². The molecule has 2 aromatic rings. The Bertz CT molecular complexity index is 730. The lowest BCUT2D eigenvalue weighted by molar-refractivity contribution is -0.126. The molecule has 1 atom stereocenters. The summed E-state index contributed by atoms with van der Waals surface area (Å²) >= 11 is 3.41. The van der Waals surface area contributed by atoms with E-state index < -0.39 is 5.92 Å². The molecule has 1 unspecified atom stereocenters. The first-order valence-corrected chi connectivity index (χ1v) is 7.84. The average Bonchev–Trinajstić information content (AvgIpc) is 2.52. The van der Waals surface area contributed by atoms with Crippen molar-refractivity contribution in [1.29, 1.82) is 0 Å². The van der Waals surface area contributed by atoms with Gasteiger partial charge in [0.15, 0.2) is 0 Å². The average molecular weight is 359 g/mol. The molecule has 0 saturated heterocycles. The van der Waals surface area contributed by atoms with Crippen LogP contribution in [0.4, 0.5) is 5.69 Å². The van der Waals surface area contributed by atoms with Crippen LogP contribution in [-0.2, 0) is 16.1 Å². The zero-order chi connectivity index (χ0) is 15.5. The lowest BCUT2D eigenvalue weighted by atomic mass is 9.90. The van der Waals surface area contributed by atoms with Crippen LogP contribution >= 0.6 is 15.9 Å². The molecule has 22 heavy (non-hydrogen) atoms. The third-order valence-corrected chi connectivity index (χ3v) is 4.17. The van der Waals surface area contributed by atoms with E-state index in [4.69, 9.17) is 0 Å². The molecule has 112 valence electrons. The molecule has 1 heterocycles. The Kier molecular flexibility index (Phi) is 4.24. The number of anilines is 1. The van der Waals surface area contributed by atoms with Crippen LogP contribution in [-0.4, -0.2) is 11.8 Å². The molecule has 3 rings (SSSR count). The summed E-state index contributed by atoms with van der Waals surface area (Å²) in [4.78, 5) is 24.2. The number of halogens is 1. The van der Waals surface area contributed by atoms with E-state index in [1.165, 1.54) is 0 Å². The van der Waals surface area contributed by atoms with Gasteiger partial charge in [-0.2, -0.15) is 0 Å². The molecular formula is C17H15BrN2O2. The van der Waals surface area contributed by atoms with Gasteiger partial charge in [-0.05, 0) is 29.3 Å². The number of amides is 2. The fraction of sp³-hybridized carbons (Fsp3) is 0.176. The second-order valence-corrected chi connectivity index (χ2v) is 6.16. The van der Waals surface area contributed by atoms with Crippen LogP contribution in [0.15, 0.2) is 53.0 Å². The van der Waals surface area contributed by atoms with Crippen LogP contribution in [0.5, 0.6) is 0 Å². The first-order chi connectivity index (χ1) is 10.6. The van der Waals surface area contributed by atoms with E-state index in [1.807, 2.05) is 48.5 Å². The summed E-state index contributed by atoms with van der Waals surface area (Å²) in [6.45, 7) is 0.443. The number of hydrogen-bond acceptors (Lipinski definition) is 2. The highest BCUT2D eigenvalue weighted by Gasteiger charge is 2.30. The quantitative estimate of drug-likeness (QED) is 0.884. The van der Waals surface area contributed by atoms with Gasteiger partial charge in [0.25, 0.3) is 0 Å². The van der Waals surface area contributed by atoms with Gasteiger partial charge >= 0.3 is 0 Å². The van der Waals surface area contributed by atoms with E-state index >= 15 is 0 Å². The number of fused-ring (bicyclic) bond motifs is 1. The third-order valence-electron chi connectivity index (χ3n) is 3.67. The van der Waals surface area contributed by atoms with Crippen molar-refractivity contribution >= 4 is 33.4 Å². The van der Waals surface area contributed by atoms with Crippen LogP contribution in [0.3, 0.4) is 0 Å². The van der Waals surface area contributed by atoms with E-state index in [0.29, 0.717) is 6.54 Å². The molecule has 0 aliphatic carbocycles. The van der Waals surface area contributed by atoms with E-state index in [1.54, 1.807) is 0 Å². The summed E-state index contributed by atoms with van der Waals surface area (Å²) in [6, 6.07) is 15.2. The fourth-order valence-electron chi connectivity index (χ4n) is 2.60. The SMILES string of the molecule is O=C1CC(C(=O)NCc2cccc(Br)c2)c2ccccc2N1. The van der Waals surface area contributed by atoms with Crippen molar-refractivity contribution in [3.8, 4) is 0 Å². The Labute approximate surface area is 137 Å². The van der Waals surface area contributed by atoms with Crippen LogP contribution in [0.25, 0.3) is 0 Å². The normalized spacial score (nSPS) is 16.6. The van der Waals surface area contributed by atoms with Crippen LogP contribution in [0, 0.1) is 0 Å². The highest BCUT2D eigenvalue weighted by atomic mass is 79.9. The second-order valence-electron chi connectivity index (χ2n) is 5.24. The summed E-state index contributed by atoms with van der Waals surface area (Å²) in [7, 11) is 0. The lowest BCUT2D eigenvalue weighted by Crippen LogP contribution is -2.34. The summed E-state index contributed by atoms with van der Waals surface area (Å²) < 4.78 is 0.974. The Morgan fingerprint density at radius 1 is 1.23 bits per heavy atom. The number of rotatable bonds is 3. The van der Waals surface area contributed by atoms with Gasteiger partial charge in [0.05, 0.1) is 5.92 Å². The molecular weight excluding hydrogens is 344 g/mol. The van der Waals surface area contributed by atoms with E-state index in [9.17, 15) is 9.59 Å². The van der Waals surface area contributed by atoms with Crippen molar-refractivity contribution in [2.24, 2.45) is 0 Å². The van der Waals surface area contributed by atoms with Crippen LogP contribution in [0.1, 0.15) is 23.5 Å². The maximum absolute atomic E-state index is 12.5. The minimum absolute atomic E-state index is 0.123. The van der Waals surface area contributed by atoms with Gasteiger partial charge in [0.2, 0.25) is 11.8 Å². The number of para-hydroxylation sites is 1. The lowest BCUT2D eigenvalue weighted by Gasteiger charge is -2.24. The van der Waals surface area contributed by atoms with Gasteiger partial charge in [0, 0.05) is 23.1 Å². The molecule has 4 nitrogen and oxygen atoms in total. The molecule has 1 aliphatic rings. The summed E-state index contributed by atoms with van der Waals surface area (Å²) in [5, 5.41) is 5.72. The summed E-state index contributed by atoms with van der Waals surface area (Å²) in [5.41, 5.74) is 2.60. The van der Waals surface area contributed by atoms with Gasteiger partial charge in [-0.15, -0.1) is 0 Å². The highest BCUT2D eigenvalue weighted by molar-refractivity contribution is 9.10. The van der Waals surface area contributed by atoms with Crippen molar-refractivity contribution in [3.05, 3.63) is 64.1 Å². The fourth-order valence-corrected chi connectivity index (χ4v) is 3.05. The molecule has 2 N–H and O–H groups in total. The van der Waals surface area contributed by atoms with Crippen molar-refractivity contribution in [2.45, 2.75) is 18.9 Å². The predicted octanol–water partition coefficient (Wildman–Crippen LogP) is 3.19. The molecule has 0 bridgehead atoms. The van der Waals surface area contributed by atoms with Crippen LogP contribution < -0.4 is 10.6 Å². The van der Waals surface area contributed by atoms with Gasteiger partial charge in [-0.25, -0.2) is 0 Å². The topological polar surface area (TPSA) is 58.2 Å². The number of hydrogen-bond donors (Lipinski definition) is 2. The van der Waals surface area contributed by atoms with Crippen molar-refractivity contribution in [2.75, 3.05) is 5.32 Å². The summed E-state index contributed by atoms with van der Waals surface area (Å²) in [6.07, 6.45) is 0.182. The van der Waals surface area contributed by atoms with E-state index in [-0.39, 0.29) is 18.2 Å². The molecule has 1 aliphatic heterocycles.